The Balaban J connectivity index is 2.21. The van der Waals surface area contributed by atoms with Crippen LogP contribution in [-0.4, -0.2) is 10.8 Å². The summed E-state index contributed by atoms with van der Waals surface area (Å²) in [7, 11) is 0. The number of rotatable bonds is 2. The highest BCUT2D eigenvalue weighted by atomic mass is 16.1. The summed E-state index contributed by atoms with van der Waals surface area (Å²) in [6.45, 7) is 4.02. The number of nitrogens with zero attached hydrogens (tertiary/aromatic N) is 1. The summed E-state index contributed by atoms with van der Waals surface area (Å²) >= 11 is 0. The summed E-state index contributed by atoms with van der Waals surface area (Å²) in [6, 6.07) is 15.4. The van der Waals surface area contributed by atoms with Crippen LogP contribution in [0.15, 0.2) is 54.7 Å². The summed E-state index contributed by atoms with van der Waals surface area (Å²) in [5.74, 6) is 0.0600. The van der Waals surface area contributed by atoms with Crippen LogP contribution in [0.4, 0.5) is 0 Å². The molecule has 2 aromatic carbocycles. The normalized spacial score (nSPS) is 10.7. The minimum atomic E-state index is 0.0600. The number of aryl methyl sites for hydroxylation is 1. The molecule has 2 heteroatoms. The molecule has 0 saturated carbocycles. The first kappa shape index (κ1) is 12.5. The molecule has 0 atom stereocenters. The molecule has 0 bridgehead atoms. The Bertz CT molecular complexity index is 800. The van der Waals surface area contributed by atoms with Gasteiger partial charge >= 0.3 is 0 Å². The van der Waals surface area contributed by atoms with Gasteiger partial charge in [0.1, 0.15) is 0 Å². The number of ketones is 1. The Morgan fingerprint density at radius 3 is 2.55 bits per heavy atom. The van der Waals surface area contributed by atoms with E-state index < -0.39 is 0 Å². The minimum Gasteiger partial charge on any atom is -0.289 e. The SMILES string of the molecule is Cc1cccc(C(=O)c2ccnc3ccccc23)c1C. The first-order chi connectivity index (χ1) is 9.68. The molecular formula is C18H15NO. The molecule has 3 aromatic rings. The van der Waals surface area contributed by atoms with Gasteiger partial charge in [0.2, 0.25) is 0 Å². The maximum Gasteiger partial charge on any atom is 0.194 e. The predicted octanol–water partition coefficient (Wildman–Crippen LogP) is 4.08. The van der Waals surface area contributed by atoms with Crippen molar-refractivity contribution in [2.75, 3.05) is 0 Å². The van der Waals surface area contributed by atoms with E-state index in [1.54, 1.807) is 12.3 Å². The Labute approximate surface area is 118 Å². The Kier molecular flexibility index (Phi) is 3.07. The summed E-state index contributed by atoms with van der Waals surface area (Å²) < 4.78 is 0. The maximum atomic E-state index is 12.8. The standard InChI is InChI=1S/C18H15NO/c1-12-6-5-8-14(13(12)2)18(20)16-10-11-19-17-9-4-3-7-15(16)17/h3-11H,1-2H3. The Hall–Kier alpha value is -2.48. The fraction of sp³-hybridized carbons (Fsp3) is 0.111. The monoisotopic (exact) mass is 261 g/mol. The van der Waals surface area contributed by atoms with Gasteiger partial charge in [0.05, 0.1) is 5.52 Å². The van der Waals surface area contributed by atoms with Crippen molar-refractivity contribution in [2.24, 2.45) is 0 Å². The van der Waals surface area contributed by atoms with Crippen molar-refractivity contribution in [3.63, 3.8) is 0 Å². The zero-order valence-electron chi connectivity index (χ0n) is 11.6. The number of fused-ring (bicyclic) bond motifs is 1. The van der Waals surface area contributed by atoms with Crippen LogP contribution in [0.1, 0.15) is 27.0 Å². The Morgan fingerprint density at radius 2 is 1.70 bits per heavy atom. The van der Waals surface area contributed by atoms with E-state index in [4.69, 9.17) is 0 Å². The van der Waals surface area contributed by atoms with Crippen molar-refractivity contribution in [3.8, 4) is 0 Å². The van der Waals surface area contributed by atoms with E-state index in [-0.39, 0.29) is 5.78 Å². The van der Waals surface area contributed by atoms with Gasteiger partial charge in [0.15, 0.2) is 5.78 Å². The topological polar surface area (TPSA) is 30.0 Å². The largest absolute Gasteiger partial charge is 0.289 e. The van der Waals surface area contributed by atoms with Crippen LogP contribution in [-0.2, 0) is 0 Å². The highest BCUT2D eigenvalue weighted by molar-refractivity contribution is 6.16. The van der Waals surface area contributed by atoms with Gasteiger partial charge in [-0.25, -0.2) is 0 Å². The molecule has 98 valence electrons. The first-order valence-corrected chi connectivity index (χ1v) is 6.63. The molecule has 0 aliphatic heterocycles. The van der Waals surface area contributed by atoms with Crippen molar-refractivity contribution in [3.05, 3.63) is 77.0 Å². The average molecular weight is 261 g/mol. The van der Waals surface area contributed by atoms with E-state index in [2.05, 4.69) is 4.98 Å². The highest BCUT2D eigenvalue weighted by Gasteiger charge is 2.15. The molecule has 2 nitrogen and oxygen atoms in total. The molecule has 0 saturated heterocycles. The quantitative estimate of drug-likeness (QED) is 0.650. The molecule has 0 aliphatic rings. The second kappa shape index (κ2) is 4.89. The van der Waals surface area contributed by atoms with Crippen LogP contribution < -0.4 is 0 Å². The number of pyridine rings is 1. The summed E-state index contributed by atoms with van der Waals surface area (Å²) in [4.78, 5) is 17.1. The molecule has 0 aliphatic carbocycles. The lowest BCUT2D eigenvalue weighted by molar-refractivity contribution is 0.103. The van der Waals surface area contributed by atoms with Crippen LogP contribution in [0.2, 0.25) is 0 Å². The number of hydrogen-bond donors (Lipinski definition) is 0. The number of para-hydroxylation sites is 1. The highest BCUT2D eigenvalue weighted by Crippen LogP contribution is 2.22. The lowest BCUT2D eigenvalue weighted by Crippen LogP contribution is -2.05. The minimum absolute atomic E-state index is 0.0600. The van der Waals surface area contributed by atoms with Crippen LogP contribution in [0.3, 0.4) is 0 Å². The van der Waals surface area contributed by atoms with Gasteiger partial charge in [0.25, 0.3) is 0 Å². The number of aromatic nitrogens is 1. The van der Waals surface area contributed by atoms with Crippen molar-refractivity contribution < 1.29 is 4.79 Å². The summed E-state index contributed by atoms with van der Waals surface area (Å²) in [6.07, 6.45) is 1.70. The molecule has 0 N–H and O–H groups in total. The Morgan fingerprint density at radius 1 is 0.900 bits per heavy atom. The number of carbonyl (C=O) groups is 1. The summed E-state index contributed by atoms with van der Waals surface area (Å²) in [5.41, 5.74) is 4.50. The molecule has 0 radical (unpaired) electrons. The van der Waals surface area contributed by atoms with E-state index in [9.17, 15) is 4.79 Å². The van der Waals surface area contributed by atoms with Crippen LogP contribution in [0.25, 0.3) is 10.9 Å². The number of hydrogen-bond acceptors (Lipinski definition) is 2. The molecule has 3 rings (SSSR count). The smallest absolute Gasteiger partial charge is 0.194 e. The van der Waals surface area contributed by atoms with Crippen molar-refractivity contribution in [2.45, 2.75) is 13.8 Å². The summed E-state index contributed by atoms with van der Waals surface area (Å²) in [5, 5.41) is 0.904. The second-order valence-corrected chi connectivity index (χ2v) is 4.95. The van der Waals surface area contributed by atoms with Crippen molar-refractivity contribution in [1.29, 1.82) is 0 Å². The fourth-order valence-electron chi connectivity index (χ4n) is 2.44. The molecular weight excluding hydrogens is 246 g/mol. The van der Waals surface area contributed by atoms with Gasteiger partial charge in [-0.3, -0.25) is 9.78 Å². The predicted molar refractivity (Wildman–Crippen MR) is 81.1 cm³/mol. The lowest BCUT2D eigenvalue weighted by Gasteiger charge is -2.09. The van der Waals surface area contributed by atoms with E-state index in [0.29, 0.717) is 5.56 Å². The molecule has 0 spiro atoms. The van der Waals surface area contributed by atoms with Gasteiger partial charge in [-0.2, -0.15) is 0 Å². The molecule has 1 aromatic heterocycles. The first-order valence-electron chi connectivity index (χ1n) is 6.63. The maximum absolute atomic E-state index is 12.8. The van der Waals surface area contributed by atoms with Crippen molar-refractivity contribution >= 4 is 16.7 Å². The van der Waals surface area contributed by atoms with Crippen LogP contribution in [0.5, 0.6) is 0 Å². The third-order valence-corrected chi connectivity index (χ3v) is 3.74. The number of benzene rings is 2. The van der Waals surface area contributed by atoms with Gasteiger partial charge < -0.3 is 0 Å². The van der Waals surface area contributed by atoms with Gasteiger partial charge in [-0.15, -0.1) is 0 Å². The zero-order chi connectivity index (χ0) is 14.1. The van der Waals surface area contributed by atoms with Crippen LogP contribution >= 0.6 is 0 Å². The van der Waals surface area contributed by atoms with Gasteiger partial charge in [0, 0.05) is 22.7 Å². The van der Waals surface area contributed by atoms with Gasteiger partial charge in [-0.05, 0) is 37.1 Å². The third kappa shape index (κ3) is 1.99. The molecule has 1 heterocycles. The molecule has 0 fully saturated rings. The average Bonchev–Trinajstić information content (AvgIpc) is 2.49. The third-order valence-electron chi connectivity index (χ3n) is 3.74. The molecule has 0 unspecified atom stereocenters. The van der Waals surface area contributed by atoms with Gasteiger partial charge in [-0.1, -0.05) is 36.4 Å². The number of carbonyl (C=O) groups excluding carboxylic acids is 1. The lowest BCUT2D eigenvalue weighted by atomic mass is 9.94. The second-order valence-electron chi connectivity index (χ2n) is 4.95. The zero-order valence-corrected chi connectivity index (χ0v) is 11.6. The van der Waals surface area contributed by atoms with Crippen LogP contribution in [0, 0.1) is 13.8 Å². The van der Waals surface area contributed by atoms with E-state index in [1.165, 1.54) is 0 Å². The molecule has 20 heavy (non-hydrogen) atoms. The molecule has 0 amide bonds. The van der Waals surface area contributed by atoms with E-state index in [1.807, 2.05) is 56.3 Å². The fourth-order valence-corrected chi connectivity index (χ4v) is 2.44. The van der Waals surface area contributed by atoms with E-state index in [0.717, 1.165) is 27.6 Å². The van der Waals surface area contributed by atoms with E-state index >= 15 is 0 Å². The van der Waals surface area contributed by atoms with Crippen molar-refractivity contribution in [1.82, 2.24) is 4.98 Å².